The number of nitrogens with zero attached hydrogens (tertiary/aromatic N) is 6. The van der Waals surface area contributed by atoms with Crippen LogP contribution in [0.5, 0.6) is 0 Å². The molecule has 0 saturated carbocycles. The summed E-state index contributed by atoms with van der Waals surface area (Å²) in [7, 11) is 0. The topological polar surface area (TPSA) is 45.5 Å². The fraction of sp³-hybridized carbons (Fsp3) is 0.0208. The van der Waals surface area contributed by atoms with Gasteiger partial charge in [-0.2, -0.15) is 13.2 Å². The van der Waals surface area contributed by atoms with E-state index >= 15 is 0 Å². The van der Waals surface area contributed by atoms with Crippen molar-refractivity contribution in [1.82, 2.24) is 28.2 Å². The summed E-state index contributed by atoms with van der Waals surface area (Å²) < 4.78 is 51.7. The lowest BCUT2D eigenvalue weighted by Crippen LogP contribution is -2.05. The van der Waals surface area contributed by atoms with Crippen LogP contribution in [0.4, 0.5) is 13.2 Å². The standard InChI is InChI=1S/C96H61F3N6/c1-60-51-71(53-72(52-60)96(97,98)99)63-33-37-65(38-34-63)86-59-85(100-95(101-86)70-17-16-22-76(54-70)105-90-30-15-11-26-80(90)84-58-69(44-50-94(84)105)67-42-48-92-82(56-67)78-24-9-13-28-88(78)103(92)74-20-6-3-7-21-74)64-35-31-61(32-36-64)62-39-45-75(46-40-62)104-89-29-14-10-25-79(89)83-57-68(43-49-93(83)104)66-41-47-91-81(55-66)77-23-8-12-27-87(77)102(91)73-18-4-2-5-19-73/h2-59H,1H3. The molecule has 0 aliphatic heterocycles. The van der Waals surface area contributed by atoms with Crippen molar-refractivity contribution in [3.8, 4) is 101 Å². The molecule has 15 aromatic carbocycles. The fourth-order valence-corrected chi connectivity index (χ4v) is 16.1. The highest BCUT2D eigenvalue weighted by Crippen LogP contribution is 2.43. The van der Waals surface area contributed by atoms with Gasteiger partial charge in [0.15, 0.2) is 5.82 Å². The number of benzene rings is 15. The summed E-state index contributed by atoms with van der Waals surface area (Å²) in [6, 6.07) is 123. The Labute approximate surface area is 602 Å². The fourth-order valence-electron chi connectivity index (χ4n) is 16.1. The minimum atomic E-state index is -4.47. The molecule has 0 aliphatic rings. The molecule has 0 spiro atoms. The molecule has 105 heavy (non-hydrogen) atoms. The van der Waals surface area contributed by atoms with E-state index in [9.17, 15) is 13.2 Å². The number of aromatic nitrogens is 6. The van der Waals surface area contributed by atoms with Crippen molar-refractivity contribution < 1.29 is 13.2 Å². The van der Waals surface area contributed by atoms with Gasteiger partial charge in [0, 0.05) is 82.5 Å². The number of fused-ring (bicyclic) bond motifs is 12. The van der Waals surface area contributed by atoms with Gasteiger partial charge in [0.05, 0.1) is 61.1 Å². The van der Waals surface area contributed by atoms with E-state index in [1.807, 2.05) is 30.3 Å². The van der Waals surface area contributed by atoms with Gasteiger partial charge in [0.1, 0.15) is 0 Å². The Hall–Kier alpha value is -13.6. The predicted molar refractivity (Wildman–Crippen MR) is 427 cm³/mol. The molecule has 0 fully saturated rings. The number of hydrogen-bond donors (Lipinski definition) is 0. The third kappa shape index (κ3) is 10.4. The van der Waals surface area contributed by atoms with Gasteiger partial charge >= 0.3 is 6.18 Å². The lowest BCUT2D eigenvalue weighted by molar-refractivity contribution is -0.137. The van der Waals surface area contributed by atoms with Crippen molar-refractivity contribution in [1.29, 1.82) is 0 Å². The number of alkyl halides is 3. The second-order valence-electron chi connectivity index (χ2n) is 27.3. The molecule has 0 bridgehead atoms. The van der Waals surface area contributed by atoms with Crippen LogP contribution in [0.25, 0.3) is 188 Å². The third-order valence-electron chi connectivity index (χ3n) is 21.0. The monoisotopic (exact) mass is 1350 g/mol. The molecule has 0 N–H and O–H groups in total. The van der Waals surface area contributed by atoms with Gasteiger partial charge in [-0.3, -0.25) is 0 Å². The van der Waals surface area contributed by atoms with Crippen LogP contribution in [0, 0.1) is 6.92 Å². The van der Waals surface area contributed by atoms with E-state index < -0.39 is 11.7 Å². The highest BCUT2D eigenvalue weighted by molar-refractivity contribution is 6.15. The molecule has 6 nitrogen and oxygen atoms in total. The van der Waals surface area contributed by atoms with Crippen LogP contribution in [-0.4, -0.2) is 28.2 Å². The smallest absolute Gasteiger partial charge is 0.309 e. The van der Waals surface area contributed by atoms with Crippen molar-refractivity contribution in [3.63, 3.8) is 0 Å². The molecule has 496 valence electrons. The molecular weight excluding hydrogens is 1290 g/mol. The molecule has 0 unspecified atom stereocenters. The average Bonchev–Trinajstić information content (AvgIpc) is 1.60. The van der Waals surface area contributed by atoms with Gasteiger partial charge in [-0.05, 0) is 197 Å². The number of para-hydroxylation sites is 6. The van der Waals surface area contributed by atoms with Crippen LogP contribution >= 0.6 is 0 Å². The van der Waals surface area contributed by atoms with E-state index in [0.717, 1.165) is 111 Å². The summed E-state index contributed by atoms with van der Waals surface area (Å²) in [6.07, 6.45) is -4.47. The normalized spacial score (nSPS) is 12.0. The van der Waals surface area contributed by atoms with E-state index in [1.165, 1.54) is 66.6 Å². The third-order valence-corrected chi connectivity index (χ3v) is 21.0. The van der Waals surface area contributed by atoms with Gasteiger partial charge in [0.2, 0.25) is 0 Å². The molecule has 5 heterocycles. The first kappa shape index (κ1) is 61.3. The molecule has 5 aromatic heterocycles. The van der Waals surface area contributed by atoms with Crippen molar-refractivity contribution in [2.75, 3.05) is 0 Å². The SMILES string of the molecule is Cc1cc(-c2ccc(-c3cc(-c4ccc(-c5ccc(-n6c7ccccc7c7cc(-c8ccc9c(c8)c8ccccc8n9-c8ccccc8)ccc76)cc5)cc4)nc(-c4cccc(-n5c6ccccc6c6cc(-c7ccc8c(c7)c7ccccc7n8-c7ccccc7)ccc65)c4)n3)cc2)cc(C(F)(F)F)c1. The Bertz CT molecular complexity index is 6860. The summed E-state index contributed by atoms with van der Waals surface area (Å²) in [6.45, 7) is 1.69. The van der Waals surface area contributed by atoms with E-state index in [2.05, 4.69) is 322 Å². The van der Waals surface area contributed by atoms with Crippen molar-refractivity contribution >= 4 is 87.2 Å². The first-order chi connectivity index (χ1) is 51.6. The maximum atomic E-state index is 14.1. The maximum Gasteiger partial charge on any atom is 0.416 e. The first-order valence-electron chi connectivity index (χ1n) is 35.3. The molecule has 9 heteroatoms. The van der Waals surface area contributed by atoms with Crippen LogP contribution in [0.3, 0.4) is 0 Å². The highest BCUT2D eigenvalue weighted by Gasteiger charge is 2.31. The minimum Gasteiger partial charge on any atom is -0.309 e. The Morgan fingerprint density at radius 2 is 0.533 bits per heavy atom. The van der Waals surface area contributed by atoms with E-state index in [1.54, 1.807) is 13.0 Å². The van der Waals surface area contributed by atoms with E-state index in [4.69, 9.17) is 9.97 Å². The van der Waals surface area contributed by atoms with Crippen LogP contribution in [-0.2, 0) is 6.18 Å². The summed E-state index contributed by atoms with van der Waals surface area (Å²) in [5, 5.41) is 9.50. The maximum absolute atomic E-state index is 14.1. The number of hydrogen-bond acceptors (Lipinski definition) is 2. The van der Waals surface area contributed by atoms with Crippen molar-refractivity contribution in [2.45, 2.75) is 13.1 Å². The van der Waals surface area contributed by atoms with Gasteiger partial charge in [-0.1, -0.05) is 212 Å². The molecule has 0 atom stereocenters. The summed E-state index contributed by atoms with van der Waals surface area (Å²) in [5.41, 5.74) is 25.0. The van der Waals surface area contributed by atoms with Gasteiger partial charge < -0.3 is 18.3 Å². The summed E-state index contributed by atoms with van der Waals surface area (Å²) in [4.78, 5) is 10.7. The molecule has 0 saturated heterocycles. The van der Waals surface area contributed by atoms with E-state index in [0.29, 0.717) is 28.2 Å². The second-order valence-corrected chi connectivity index (χ2v) is 27.3. The highest BCUT2D eigenvalue weighted by atomic mass is 19.4. The van der Waals surface area contributed by atoms with Gasteiger partial charge in [-0.15, -0.1) is 0 Å². The van der Waals surface area contributed by atoms with Crippen LogP contribution in [0.2, 0.25) is 0 Å². The zero-order valence-corrected chi connectivity index (χ0v) is 56.8. The molecule has 20 aromatic rings. The van der Waals surface area contributed by atoms with Crippen LogP contribution in [0.1, 0.15) is 11.1 Å². The number of halogens is 3. The number of aryl methyl sites for hydroxylation is 1. The van der Waals surface area contributed by atoms with Crippen molar-refractivity contribution in [3.05, 3.63) is 363 Å². The molecule has 20 rings (SSSR count). The Morgan fingerprint density at radius 3 is 0.933 bits per heavy atom. The van der Waals surface area contributed by atoms with Crippen molar-refractivity contribution in [2.24, 2.45) is 0 Å². The zero-order valence-electron chi connectivity index (χ0n) is 56.8. The minimum absolute atomic E-state index is 0.492. The van der Waals surface area contributed by atoms with Crippen LogP contribution < -0.4 is 0 Å². The Balaban J connectivity index is 0.641. The van der Waals surface area contributed by atoms with Crippen LogP contribution in [0.15, 0.2) is 352 Å². The Morgan fingerprint density at radius 1 is 0.219 bits per heavy atom. The largest absolute Gasteiger partial charge is 0.416 e. The van der Waals surface area contributed by atoms with Gasteiger partial charge in [-0.25, -0.2) is 9.97 Å². The quantitative estimate of drug-likeness (QED) is 0.130. The van der Waals surface area contributed by atoms with E-state index in [-0.39, 0.29) is 0 Å². The summed E-state index contributed by atoms with van der Waals surface area (Å²) in [5.74, 6) is 0.528. The molecular formula is C96H61F3N6. The lowest BCUT2D eigenvalue weighted by atomic mass is 9.98. The first-order valence-corrected chi connectivity index (χ1v) is 35.3. The summed E-state index contributed by atoms with van der Waals surface area (Å²) >= 11 is 0. The number of rotatable bonds is 11. The lowest BCUT2D eigenvalue weighted by Gasteiger charge is -2.13. The zero-order chi connectivity index (χ0) is 70.0. The second kappa shape index (κ2) is 24.3. The molecule has 0 amide bonds. The molecule has 0 aliphatic carbocycles. The average molecular weight is 1360 g/mol. The Kier molecular flexibility index (Phi) is 14.2. The predicted octanol–water partition coefficient (Wildman–Crippen LogP) is 25.9. The van der Waals surface area contributed by atoms with Gasteiger partial charge in [0.25, 0.3) is 0 Å². The molecule has 0 radical (unpaired) electrons.